The first-order valence-electron chi connectivity index (χ1n) is 13.0. The number of benzene rings is 1. The summed E-state index contributed by atoms with van der Waals surface area (Å²) in [4.78, 5) is 27.6. The molecule has 1 spiro atoms. The van der Waals surface area contributed by atoms with Crippen molar-refractivity contribution in [3.05, 3.63) is 65.9 Å². The number of hydrogen-bond acceptors (Lipinski definition) is 8. The molecule has 5 heterocycles. The highest BCUT2D eigenvalue weighted by Crippen LogP contribution is 2.42. The number of anilines is 3. The summed E-state index contributed by atoms with van der Waals surface area (Å²) in [5, 5.41) is 2.29. The first-order valence-corrected chi connectivity index (χ1v) is 13.4. The number of carbonyl (C=O) groups is 1. The van der Waals surface area contributed by atoms with Crippen molar-refractivity contribution in [1.29, 1.82) is 0 Å². The molecule has 6 rings (SSSR count). The molecule has 14 heteroatoms. The van der Waals surface area contributed by atoms with Gasteiger partial charge in [-0.3, -0.25) is 13.5 Å². The highest BCUT2D eigenvalue weighted by atomic mass is 32.1. The first-order chi connectivity index (χ1) is 19.5. The number of nitrogen functional groups attached to an aromatic ring is 1. The Balaban J connectivity index is 1.28. The van der Waals surface area contributed by atoms with Gasteiger partial charge >= 0.3 is 6.18 Å². The molecule has 0 radical (unpaired) electrons. The summed E-state index contributed by atoms with van der Waals surface area (Å²) in [5.74, 6) is -1.07. The maximum absolute atomic E-state index is 15.5. The Morgan fingerprint density at radius 2 is 1.80 bits per heavy atom. The van der Waals surface area contributed by atoms with Crippen molar-refractivity contribution in [2.24, 2.45) is 5.41 Å². The van der Waals surface area contributed by atoms with Crippen LogP contribution in [0.3, 0.4) is 0 Å². The molecule has 0 saturated carbocycles. The fourth-order valence-corrected chi connectivity index (χ4v) is 6.07. The van der Waals surface area contributed by atoms with Gasteiger partial charge in [-0.25, -0.2) is 19.3 Å². The predicted molar refractivity (Wildman–Crippen MR) is 149 cm³/mol. The molecule has 0 aliphatic carbocycles. The molecule has 214 valence electrons. The fourth-order valence-electron chi connectivity index (χ4n) is 5.67. The van der Waals surface area contributed by atoms with Crippen molar-refractivity contribution in [3.63, 3.8) is 0 Å². The monoisotopic (exact) mass is 586 g/mol. The summed E-state index contributed by atoms with van der Waals surface area (Å²) in [7, 11) is 0. The van der Waals surface area contributed by atoms with Crippen LogP contribution in [0.15, 0.2) is 48.9 Å². The molecule has 1 aromatic carbocycles. The quantitative estimate of drug-likeness (QED) is 0.230. The van der Waals surface area contributed by atoms with E-state index in [0.717, 1.165) is 63.8 Å². The Kier molecular flexibility index (Phi) is 6.77. The number of piperidine rings is 1. The van der Waals surface area contributed by atoms with E-state index in [1.54, 1.807) is 16.8 Å². The average molecular weight is 587 g/mol. The van der Waals surface area contributed by atoms with Crippen LogP contribution in [0.2, 0.25) is 0 Å². The average Bonchev–Trinajstić information content (AvgIpc) is 3.50. The zero-order valence-corrected chi connectivity index (χ0v) is 22.6. The summed E-state index contributed by atoms with van der Waals surface area (Å²) in [6.45, 7) is 3.45. The van der Waals surface area contributed by atoms with E-state index in [9.17, 15) is 18.0 Å². The predicted octanol–water partition coefficient (Wildman–Crippen LogP) is 4.92. The normalized spacial score (nSPS) is 17.4. The Bertz CT molecular complexity index is 1630. The number of hydrogen-bond donors (Lipinski definition) is 3. The molecule has 41 heavy (non-hydrogen) atoms. The van der Waals surface area contributed by atoms with Crippen molar-refractivity contribution in [1.82, 2.24) is 23.7 Å². The number of imidazole rings is 1. The minimum atomic E-state index is -4.60. The standard InChI is InChI=1S/C27H26F4N8OS/c28-19-13-16(24(40)35-20-14-17(3-7-33-20)27(29,30)31)1-2-18(19)21-22-23(32)34-8-12-39(22)25(36-21)37-9-4-26(5-10-37)6-11-38(41)15-26/h1-3,7-8,12-14,41H,4-6,9-11,15H2,(H2,32,34)(H,33,35,40). The first kappa shape index (κ1) is 27.3. The number of aromatic nitrogens is 4. The van der Waals surface area contributed by atoms with Crippen LogP contribution in [0.1, 0.15) is 35.2 Å². The SMILES string of the molecule is Nc1nccn2c(N3CCC4(CCN(S)C4)CC3)nc(-c3ccc(C(=O)Nc4cc(C(F)(F)F)ccn4)cc3F)c12. The van der Waals surface area contributed by atoms with Gasteiger partial charge in [0.25, 0.3) is 5.91 Å². The minimum Gasteiger partial charge on any atom is -0.382 e. The lowest BCUT2D eigenvalue weighted by Crippen LogP contribution is -2.41. The molecule has 2 aliphatic rings. The fraction of sp³-hybridized carbons (Fsp3) is 0.333. The van der Waals surface area contributed by atoms with Crippen LogP contribution in [-0.4, -0.2) is 55.7 Å². The summed E-state index contributed by atoms with van der Waals surface area (Å²) in [6, 6.07) is 5.27. The number of alkyl halides is 3. The summed E-state index contributed by atoms with van der Waals surface area (Å²) in [5.41, 5.74) is 6.22. The highest BCUT2D eigenvalue weighted by Gasteiger charge is 2.40. The van der Waals surface area contributed by atoms with Gasteiger partial charge in [0.15, 0.2) is 0 Å². The van der Waals surface area contributed by atoms with E-state index in [0.29, 0.717) is 17.5 Å². The third-order valence-electron chi connectivity index (χ3n) is 7.90. The lowest BCUT2D eigenvalue weighted by atomic mass is 9.78. The van der Waals surface area contributed by atoms with E-state index < -0.39 is 23.5 Å². The minimum absolute atomic E-state index is 0.101. The molecule has 2 fully saturated rings. The maximum atomic E-state index is 15.5. The molecular weight excluding hydrogens is 560 g/mol. The van der Waals surface area contributed by atoms with Crippen LogP contribution in [0, 0.1) is 11.2 Å². The molecular formula is C27H26F4N8OS. The number of pyridine rings is 1. The van der Waals surface area contributed by atoms with E-state index in [1.807, 2.05) is 0 Å². The number of rotatable bonds is 4. The van der Waals surface area contributed by atoms with Crippen molar-refractivity contribution in [3.8, 4) is 11.3 Å². The Morgan fingerprint density at radius 1 is 1.05 bits per heavy atom. The molecule has 0 atom stereocenters. The van der Waals surface area contributed by atoms with Crippen molar-refractivity contribution >= 4 is 41.8 Å². The van der Waals surface area contributed by atoms with Crippen LogP contribution in [0.25, 0.3) is 16.8 Å². The van der Waals surface area contributed by atoms with Crippen molar-refractivity contribution < 1.29 is 22.4 Å². The van der Waals surface area contributed by atoms with Gasteiger partial charge in [-0.2, -0.15) is 13.2 Å². The number of fused-ring (bicyclic) bond motifs is 1. The van der Waals surface area contributed by atoms with Crippen LogP contribution in [0.4, 0.5) is 35.1 Å². The van der Waals surface area contributed by atoms with E-state index in [4.69, 9.17) is 10.7 Å². The second-order valence-corrected chi connectivity index (χ2v) is 11.1. The van der Waals surface area contributed by atoms with Gasteiger partial charge in [0.05, 0.1) is 5.56 Å². The Morgan fingerprint density at radius 3 is 2.49 bits per heavy atom. The van der Waals surface area contributed by atoms with Crippen LogP contribution < -0.4 is 16.0 Å². The molecule has 3 N–H and O–H groups in total. The second-order valence-electron chi connectivity index (χ2n) is 10.5. The zero-order valence-electron chi connectivity index (χ0n) is 21.7. The van der Waals surface area contributed by atoms with Crippen molar-refractivity contribution in [2.45, 2.75) is 25.4 Å². The summed E-state index contributed by atoms with van der Waals surface area (Å²) < 4.78 is 58.4. The number of nitrogens with two attached hydrogens (primary N) is 1. The smallest absolute Gasteiger partial charge is 0.382 e. The number of thiol groups is 1. The Hall–Kier alpha value is -3.91. The zero-order chi connectivity index (χ0) is 28.9. The third-order valence-corrected chi connectivity index (χ3v) is 8.25. The highest BCUT2D eigenvalue weighted by molar-refractivity contribution is 7.77. The molecule has 0 unspecified atom stereocenters. The number of nitrogens with one attached hydrogen (secondary N) is 1. The topological polar surface area (TPSA) is 105 Å². The molecule has 2 saturated heterocycles. The van der Waals surface area contributed by atoms with Gasteiger partial charge in [0.2, 0.25) is 5.95 Å². The third kappa shape index (κ3) is 5.17. The van der Waals surface area contributed by atoms with Gasteiger partial charge in [0.1, 0.15) is 28.7 Å². The lowest BCUT2D eigenvalue weighted by molar-refractivity contribution is -0.137. The van der Waals surface area contributed by atoms with Crippen LogP contribution in [0.5, 0.6) is 0 Å². The van der Waals surface area contributed by atoms with E-state index >= 15 is 4.39 Å². The molecule has 3 aromatic heterocycles. The van der Waals surface area contributed by atoms with Crippen LogP contribution >= 0.6 is 12.8 Å². The number of halogens is 4. The summed E-state index contributed by atoms with van der Waals surface area (Å²) in [6.07, 6.45) is 2.69. The largest absolute Gasteiger partial charge is 0.416 e. The van der Waals surface area contributed by atoms with Gasteiger partial charge in [-0.05, 0) is 55.0 Å². The number of carbonyl (C=O) groups excluding carboxylic acids is 1. The van der Waals surface area contributed by atoms with Gasteiger partial charge < -0.3 is 16.0 Å². The second kappa shape index (κ2) is 10.2. The molecule has 4 aromatic rings. The van der Waals surface area contributed by atoms with E-state index in [1.165, 1.54) is 12.1 Å². The molecule has 0 bridgehead atoms. The lowest BCUT2D eigenvalue weighted by Gasteiger charge is -2.39. The molecule has 1 amide bonds. The van der Waals surface area contributed by atoms with E-state index in [2.05, 4.69) is 37.3 Å². The van der Waals surface area contributed by atoms with E-state index in [-0.39, 0.29) is 33.9 Å². The molecule has 2 aliphatic heterocycles. The molecule has 9 nitrogen and oxygen atoms in total. The summed E-state index contributed by atoms with van der Waals surface area (Å²) >= 11 is 4.52. The maximum Gasteiger partial charge on any atom is 0.416 e. The van der Waals surface area contributed by atoms with Gasteiger partial charge in [0, 0.05) is 55.9 Å². The number of amides is 1. The van der Waals surface area contributed by atoms with Crippen LogP contribution in [-0.2, 0) is 6.18 Å². The van der Waals surface area contributed by atoms with Gasteiger partial charge in [-0.1, -0.05) is 12.8 Å². The number of nitrogens with zero attached hydrogens (tertiary/aromatic N) is 6. The Labute approximate surface area is 237 Å². The van der Waals surface area contributed by atoms with Gasteiger partial charge in [-0.15, -0.1) is 0 Å². The van der Waals surface area contributed by atoms with Crippen molar-refractivity contribution in [2.75, 3.05) is 42.1 Å².